The van der Waals surface area contributed by atoms with Gasteiger partial charge in [0.05, 0.1) is 14.3 Å². The van der Waals surface area contributed by atoms with Crippen LogP contribution in [0.5, 0.6) is 0 Å². The first-order valence-electron chi connectivity index (χ1n) is 9.97. The number of rotatable bonds is 4. The van der Waals surface area contributed by atoms with Gasteiger partial charge in [-0.15, -0.1) is 0 Å². The number of nitrogens with two attached hydrogens (primary N) is 1. The summed E-state index contributed by atoms with van der Waals surface area (Å²) in [5.41, 5.74) is 8.52. The molecule has 2 heterocycles. The summed E-state index contributed by atoms with van der Waals surface area (Å²) in [6.45, 7) is 6.92. The molecule has 4 rings (SSSR count). The Morgan fingerprint density at radius 2 is 1.67 bits per heavy atom. The molecule has 7 heteroatoms. The second-order valence-electron chi connectivity index (χ2n) is 8.86. The van der Waals surface area contributed by atoms with Gasteiger partial charge in [-0.05, 0) is 22.8 Å². The number of hydrogen-bond donors (Lipinski definition) is 1. The van der Waals surface area contributed by atoms with E-state index in [4.69, 9.17) is 10.7 Å². The minimum Gasteiger partial charge on any atom is -0.369 e. The molecular weight excluding hydrogens is 390 g/mol. The predicted molar refractivity (Wildman–Crippen MR) is 123 cm³/mol. The number of carbonyl (C=O) groups excluding carboxylic acids is 1. The number of nitrogens with zero attached hydrogens (tertiary/aromatic N) is 4. The van der Waals surface area contributed by atoms with Crippen LogP contribution in [0.1, 0.15) is 11.1 Å². The molecule has 0 aliphatic carbocycles. The number of aryl methyl sites for hydroxylation is 1. The fourth-order valence-corrected chi connectivity index (χ4v) is 5.06. The molecule has 0 bridgehead atoms. The number of aromatic nitrogens is 2. The van der Waals surface area contributed by atoms with Gasteiger partial charge >= 0.3 is 0 Å². The maximum absolute atomic E-state index is 13.5. The van der Waals surface area contributed by atoms with Crippen molar-refractivity contribution in [3.8, 4) is 11.1 Å². The summed E-state index contributed by atoms with van der Waals surface area (Å²) in [7, 11) is 2.10. The van der Waals surface area contributed by atoms with Crippen LogP contribution in [0.4, 0.5) is 0 Å². The van der Waals surface area contributed by atoms with Crippen molar-refractivity contribution in [3.05, 3.63) is 72.1 Å². The van der Waals surface area contributed by atoms with E-state index in [1.54, 1.807) is 11.7 Å². The Morgan fingerprint density at radius 1 is 0.967 bits per heavy atom. The Morgan fingerprint density at radius 3 is 2.20 bits per heavy atom. The molecule has 1 aliphatic heterocycles. The molecule has 154 valence electrons. The van der Waals surface area contributed by atoms with Gasteiger partial charge in [-0.3, -0.25) is 14.4 Å². The molecule has 2 aromatic carbocycles. The molecule has 0 fully saturated rings. The van der Waals surface area contributed by atoms with Crippen LogP contribution >= 0.6 is 0 Å². The Balaban J connectivity index is 1.90. The van der Waals surface area contributed by atoms with Gasteiger partial charge in [-0.25, -0.2) is 4.99 Å². The molecule has 0 saturated carbocycles. The highest BCUT2D eigenvalue weighted by Gasteiger charge is 2.49. The second kappa shape index (κ2) is 6.95. The molecule has 3 aromatic rings. The van der Waals surface area contributed by atoms with Crippen LogP contribution in [0.3, 0.4) is 0 Å². The van der Waals surface area contributed by atoms with Crippen molar-refractivity contribution in [1.29, 1.82) is 0 Å². The van der Waals surface area contributed by atoms with Gasteiger partial charge in [0.25, 0.3) is 5.91 Å². The van der Waals surface area contributed by atoms with Crippen molar-refractivity contribution in [1.82, 2.24) is 14.7 Å². The molecule has 2 N–H and O–H groups in total. The topological polar surface area (TPSA) is 76.5 Å². The number of guanidine groups is 1. The highest BCUT2D eigenvalue weighted by molar-refractivity contribution is 6.88. The monoisotopic (exact) mass is 417 g/mol. The second-order valence-corrected chi connectivity index (χ2v) is 13.9. The lowest BCUT2D eigenvalue weighted by Gasteiger charge is -2.27. The fourth-order valence-electron chi connectivity index (χ4n) is 3.89. The van der Waals surface area contributed by atoms with Gasteiger partial charge < -0.3 is 5.73 Å². The zero-order valence-corrected chi connectivity index (χ0v) is 19.0. The molecule has 6 nitrogen and oxygen atoms in total. The summed E-state index contributed by atoms with van der Waals surface area (Å²) < 4.78 is 1.76. The van der Waals surface area contributed by atoms with E-state index in [1.807, 2.05) is 55.8 Å². The average molecular weight is 418 g/mol. The van der Waals surface area contributed by atoms with E-state index in [9.17, 15) is 4.79 Å². The minimum absolute atomic E-state index is 0.149. The van der Waals surface area contributed by atoms with E-state index in [0.29, 0.717) is 0 Å². The van der Waals surface area contributed by atoms with Crippen molar-refractivity contribution < 1.29 is 4.79 Å². The lowest BCUT2D eigenvalue weighted by Crippen LogP contribution is -2.42. The number of likely N-dealkylation sites (N-methyl/N-ethyl adjacent to an activating group) is 1. The number of carbonyl (C=O) groups is 1. The average Bonchev–Trinajstić information content (AvgIpc) is 3.25. The molecule has 1 atom stereocenters. The lowest BCUT2D eigenvalue weighted by atomic mass is 9.82. The molecule has 1 aromatic heterocycles. The quantitative estimate of drug-likeness (QED) is 0.663. The van der Waals surface area contributed by atoms with Crippen LogP contribution < -0.4 is 10.9 Å². The molecule has 1 unspecified atom stereocenters. The third-order valence-electron chi connectivity index (χ3n) is 5.73. The van der Waals surface area contributed by atoms with E-state index < -0.39 is 13.6 Å². The summed E-state index contributed by atoms with van der Waals surface area (Å²) in [5.74, 6) is 0.0742. The van der Waals surface area contributed by atoms with Crippen LogP contribution in [-0.2, 0) is 17.4 Å². The highest BCUT2D eigenvalue weighted by atomic mass is 28.3. The van der Waals surface area contributed by atoms with Crippen LogP contribution in [-0.4, -0.2) is 41.7 Å². The lowest BCUT2D eigenvalue weighted by molar-refractivity contribution is -0.129. The van der Waals surface area contributed by atoms with Gasteiger partial charge in [0.1, 0.15) is 0 Å². The molecule has 1 amide bonds. The van der Waals surface area contributed by atoms with Crippen molar-refractivity contribution in [2.24, 2.45) is 17.8 Å². The largest absolute Gasteiger partial charge is 0.369 e. The Kier molecular flexibility index (Phi) is 4.65. The highest BCUT2D eigenvalue weighted by Crippen LogP contribution is 2.40. The number of amides is 1. The number of benzene rings is 2. The van der Waals surface area contributed by atoms with Crippen molar-refractivity contribution >= 4 is 25.1 Å². The van der Waals surface area contributed by atoms with Crippen LogP contribution in [0, 0.1) is 0 Å². The smallest absolute Gasteiger partial charge is 0.266 e. The normalized spacial score (nSPS) is 19.3. The van der Waals surface area contributed by atoms with Gasteiger partial charge in [0, 0.05) is 25.9 Å². The summed E-state index contributed by atoms with van der Waals surface area (Å²) in [5, 5.41) is 5.60. The van der Waals surface area contributed by atoms with Crippen molar-refractivity contribution in [2.75, 3.05) is 7.05 Å². The van der Waals surface area contributed by atoms with Gasteiger partial charge in [0.2, 0.25) is 0 Å². The van der Waals surface area contributed by atoms with E-state index in [-0.39, 0.29) is 11.9 Å². The van der Waals surface area contributed by atoms with Gasteiger partial charge in [0.15, 0.2) is 11.5 Å². The molecule has 0 saturated heterocycles. The summed E-state index contributed by atoms with van der Waals surface area (Å²) in [6, 6.07) is 16.2. The van der Waals surface area contributed by atoms with Crippen molar-refractivity contribution in [3.63, 3.8) is 0 Å². The first-order chi connectivity index (χ1) is 14.1. The van der Waals surface area contributed by atoms with Crippen LogP contribution in [0.15, 0.2) is 65.9 Å². The Labute approximate surface area is 178 Å². The Hall–Kier alpha value is -3.19. The third kappa shape index (κ3) is 3.15. The van der Waals surface area contributed by atoms with E-state index >= 15 is 0 Å². The molecule has 0 radical (unpaired) electrons. The van der Waals surface area contributed by atoms with E-state index in [0.717, 1.165) is 22.3 Å². The maximum atomic E-state index is 13.5. The molecular formula is C23H27N5OSi. The number of hydrogen-bond acceptors (Lipinski definition) is 4. The fraction of sp³-hybridized carbons (Fsp3) is 0.261. The SMILES string of the molecule is CN1C(=O)C(c2ccc([Si](C)(C)C)cc2)(c2cccc(-c3cnn(C)c3)c2)N=C1N. The van der Waals surface area contributed by atoms with Gasteiger partial charge in [-0.2, -0.15) is 5.10 Å². The molecule has 30 heavy (non-hydrogen) atoms. The van der Waals surface area contributed by atoms with Crippen LogP contribution in [0.2, 0.25) is 19.6 Å². The summed E-state index contributed by atoms with van der Waals surface area (Å²) in [4.78, 5) is 19.6. The van der Waals surface area contributed by atoms with E-state index in [2.05, 4.69) is 36.9 Å². The summed E-state index contributed by atoms with van der Waals surface area (Å²) in [6.07, 6.45) is 3.77. The first-order valence-corrected chi connectivity index (χ1v) is 13.5. The minimum atomic E-state index is -1.46. The van der Waals surface area contributed by atoms with Crippen molar-refractivity contribution in [2.45, 2.75) is 25.2 Å². The van der Waals surface area contributed by atoms with Gasteiger partial charge in [-0.1, -0.05) is 67.3 Å². The standard InChI is InChI=1S/C23H27N5OSi/c1-27-15-17(14-25-27)16-7-6-8-19(13-16)23(21(29)28(2)22(24)26-23)18-9-11-20(12-10-18)30(3,4)5/h6-15H,1-5H3,(H2,24,26). The predicted octanol–water partition coefficient (Wildman–Crippen LogP) is 2.66. The maximum Gasteiger partial charge on any atom is 0.266 e. The van der Waals surface area contributed by atoms with E-state index in [1.165, 1.54) is 10.1 Å². The summed E-state index contributed by atoms with van der Waals surface area (Å²) >= 11 is 0. The molecule has 0 spiro atoms. The first kappa shape index (κ1) is 20.1. The number of aliphatic imine (C=N–C) groups is 1. The third-order valence-corrected chi connectivity index (χ3v) is 7.79. The zero-order chi connectivity index (χ0) is 21.7. The molecule has 1 aliphatic rings. The van der Waals surface area contributed by atoms with Crippen LogP contribution in [0.25, 0.3) is 11.1 Å². The Bertz CT molecular complexity index is 1140. The zero-order valence-electron chi connectivity index (χ0n) is 18.0.